The van der Waals surface area contributed by atoms with Gasteiger partial charge in [-0.3, -0.25) is 0 Å². The maximum absolute atomic E-state index is 5.92. The molecule has 0 saturated heterocycles. The second kappa shape index (κ2) is 7.17. The summed E-state index contributed by atoms with van der Waals surface area (Å²) in [6, 6.07) is 5.43. The molecule has 1 N–H and O–H groups in total. The van der Waals surface area contributed by atoms with Gasteiger partial charge in [-0.2, -0.15) is 0 Å². The number of ether oxygens (including phenoxy) is 3. The lowest BCUT2D eigenvalue weighted by Gasteiger charge is -2.14. The fraction of sp³-hybridized carbons (Fsp3) is 0.333. The third-order valence-electron chi connectivity index (χ3n) is 3.00. The monoisotopic (exact) mass is 323 g/mol. The van der Waals surface area contributed by atoms with E-state index < -0.39 is 0 Å². The minimum atomic E-state index is 0.403. The van der Waals surface area contributed by atoms with Gasteiger partial charge in [0.05, 0.1) is 21.3 Å². The van der Waals surface area contributed by atoms with E-state index in [9.17, 15) is 0 Å². The quantitative estimate of drug-likeness (QED) is 0.824. The van der Waals surface area contributed by atoms with Crippen molar-refractivity contribution in [3.63, 3.8) is 0 Å². The van der Waals surface area contributed by atoms with Crippen molar-refractivity contribution in [2.24, 2.45) is 0 Å². The highest BCUT2D eigenvalue weighted by molar-refractivity contribution is 6.29. The highest BCUT2D eigenvalue weighted by Gasteiger charge is 2.13. The summed E-state index contributed by atoms with van der Waals surface area (Å²) in [5, 5.41) is 3.60. The van der Waals surface area contributed by atoms with E-state index in [4.69, 9.17) is 25.8 Å². The maximum atomic E-state index is 5.92. The number of nitrogens with zero attached hydrogens (tertiary/aromatic N) is 2. The number of methoxy groups -OCH3 is 3. The highest BCUT2D eigenvalue weighted by Crippen LogP contribution is 2.38. The topological polar surface area (TPSA) is 65.5 Å². The van der Waals surface area contributed by atoms with Gasteiger partial charge in [0.1, 0.15) is 16.8 Å². The number of nitrogens with one attached hydrogen (secondary N) is 1. The van der Waals surface area contributed by atoms with E-state index in [2.05, 4.69) is 15.3 Å². The number of rotatable bonds is 6. The molecular formula is C15H18ClN3O3. The molecule has 0 unspecified atom stereocenters. The Morgan fingerprint density at radius 3 is 2.14 bits per heavy atom. The van der Waals surface area contributed by atoms with Crippen LogP contribution in [0.4, 0.5) is 5.82 Å². The number of hydrogen-bond donors (Lipinski definition) is 1. The molecule has 0 aliphatic heterocycles. The van der Waals surface area contributed by atoms with Crippen molar-refractivity contribution in [2.75, 3.05) is 26.6 Å². The molecule has 1 aromatic carbocycles. The van der Waals surface area contributed by atoms with Crippen LogP contribution in [0.15, 0.2) is 18.2 Å². The first kappa shape index (κ1) is 16.2. The third kappa shape index (κ3) is 3.71. The zero-order chi connectivity index (χ0) is 16.1. The molecular weight excluding hydrogens is 306 g/mol. The van der Waals surface area contributed by atoms with E-state index in [0.717, 1.165) is 5.56 Å². The number of aryl methyl sites for hydroxylation is 1. The van der Waals surface area contributed by atoms with Crippen LogP contribution in [-0.2, 0) is 6.54 Å². The molecule has 22 heavy (non-hydrogen) atoms. The number of hydrogen-bond acceptors (Lipinski definition) is 6. The first-order chi connectivity index (χ1) is 10.6. The van der Waals surface area contributed by atoms with Gasteiger partial charge < -0.3 is 19.5 Å². The van der Waals surface area contributed by atoms with Crippen LogP contribution < -0.4 is 19.5 Å². The molecule has 1 aromatic heterocycles. The molecule has 118 valence electrons. The van der Waals surface area contributed by atoms with Crippen LogP contribution in [0.3, 0.4) is 0 Å². The first-order valence-corrected chi connectivity index (χ1v) is 6.99. The summed E-state index contributed by atoms with van der Waals surface area (Å²) in [7, 11) is 4.74. The molecule has 7 heteroatoms. The van der Waals surface area contributed by atoms with Gasteiger partial charge in [0.15, 0.2) is 11.5 Å². The lowest BCUT2D eigenvalue weighted by Crippen LogP contribution is -2.04. The van der Waals surface area contributed by atoms with Crippen molar-refractivity contribution < 1.29 is 14.2 Å². The van der Waals surface area contributed by atoms with Gasteiger partial charge in [0.25, 0.3) is 0 Å². The zero-order valence-electron chi connectivity index (χ0n) is 12.9. The molecule has 2 aromatic rings. The van der Waals surface area contributed by atoms with Crippen molar-refractivity contribution in [3.8, 4) is 17.2 Å². The molecule has 0 fully saturated rings. The predicted molar refractivity (Wildman–Crippen MR) is 85.2 cm³/mol. The van der Waals surface area contributed by atoms with Crippen molar-refractivity contribution in [1.29, 1.82) is 0 Å². The Balaban J connectivity index is 2.22. The normalized spacial score (nSPS) is 10.2. The van der Waals surface area contributed by atoms with E-state index in [1.165, 1.54) is 0 Å². The number of halogens is 1. The van der Waals surface area contributed by atoms with Gasteiger partial charge in [-0.05, 0) is 24.6 Å². The van der Waals surface area contributed by atoms with Crippen LogP contribution in [0.1, 0.15) is 11.4 Å². The van der Waals surface area contributed by atoms with Crippen LogP contribution in [0, 0.1) is 6.92 Å². The summed E-state index contributed by atoms with van der Waals surface area (Å²) in [6.45, 7) is 2.32. The molecule has 0 aliphatic rings. The average molecular weight is 324 g/mol. The number of benzene rings is 1. The highest BCUT2D eigenvalue weighted by atomic mass is 35.5. The Morgan fingerprint density at radius 2 is 1.64 bits per heavy atom. The van der Waals surface area contributed by atoms with Crippen LogP contribution in [-0.4, -0.2) is 31.3 Å². The first-order valence-electron chi connectivity index (χ1n) is 6.61. The number of aromatic nitrogens is 2. The second-order valence-electron chi connectivity index (χ2n) is 4.51. The van der Waals surface area contributed by atoms with Gasteiger partial charge in [0.2, 0.25) is 5.75 Å². The van der Waals surface area contributed by atoms with Crippen LogP contribution in [0.25, 0.3) is 0 Å². The fourth-order valence-electron chi connectivity index (χ4n) is 2.05. The van der Waals surface area contributed by atoms with Gasteiger partial charge >= 0.3 is 0 Å². The summed E-state index contributed by atoms with van der Waals surface area (Å²) in [6.07, 6.45) is 0. The van der Waals surface area contributed by atoms with Crippen molar-refractivity contribution in [3.05, 3.63) is 34.7 Å². The minimum absolute atomic E-state index is 0.403. The smallest absolute Gasteiger partial charge is 0.203 e. The molecule has 0 radical (unpaired) electrons. The average Bonchev–Trinajstić information content (AvgIpc) is 2.50. The third-order valence-corrected chi connectivity index (χ3v) is 3.20. The summed E-state index contributed by atoms with van der Waals surface area (Å²) in [5.74, 6) is 3.05. The Hall–Kier alpha value is -2.21. The molecule has 0 bridgehead atoms. The predicted octanol–water partition coefficient (Wildman–Crippen LogP) is 3.08. The van der Waals surface area contributed by atoms with E-state index in [0.29, 0.717) is 40.6 Å². The summed E-state index contributed by atoms with van der Waals surface area (Å²) in [5.41, 5.74) is 0.960. The van der Waals surface area contributed by atoms with Crippen LogP contribution in [0.5, 0.6) is 17.2 Å². The molecule has 0 saturated carbocycles. The Labute approximate surface area is 134 Å². The standard InChI is InChI=1S/C15H18ClN3O3/c1-9-18-13(16)7-14(19-9)17-8-10-5-11(20-2)15(22-4)12(6-10)21-3/h5-7H,8H2,1-4H3,(H,17,18,19). The molecule has 2 rings (SSSR count). The SMILES string of the molecule is COc1cc(CNc2cc(Cl)nc(C)n2)cc(OC)c1OC. The molecule has 1 heterocycles. The summed E-state index contributed by atoms with van der Waals surface area (Å²) in [4.78, 5) is 8.30. The van der Waals surface area contributed by atoms with Gasteiger partial charge in [-0.25, -0.2) is 9.97 Å². The Bertz CT molecular complexity index is 619. The Morgan fingerprint density at radius 1 is 1.00 bits per heavy atom. The van der Waals surface area contributed by atoms with Crippen molar-refractivity contribution in [2.45, 2.75) is 13.5 Å². The molecule has 0 amide bonds. The minimum Gasteiger partial charge on any atom is -0.493 e. The zero-order valence-corrected chi connectivity index (χ0v) is 13.7. The van der Waals surface area contributed by atoms with Crippen LogP contribution in [0.2, 0.25) is 5.15 Å². The second-order valence-corrected chi connectivity index (χ2v) is 4.90. The van der Waals surface area contributed by atoms with Crippen molar-refractivity contribution >= 4 is 17.4 Å². The molecule has 0 spiro atoms. The molecule has 6 nitrogen and oxygen atoms in total. The molecule has 0 atom stereocenters. The fourth-order valence-corrected chi connectivity index (χ4v) is 2.28. The van der Waals surface area contributed by atoms with Gasteiger partial charge in [0, 0.05) is 12.6 Å². The van der Waals surface area contributed by atoms with E-state index in [-0.39, 0.29) is 0 Å². The summed E-state index contributed by atoms with van der Waals surface area (Å²) < 4.78 is 16.0. The van der Waals surface area contributed by atoms with Crippen LogP contribution >= 0.6 is 11.6 Å². The van der Waals surface area contributed by atoms with E-state index in [1.54, 1.807) is 34.3 Å². The molecule has 0 aliphatic carbocycles. The van der Waals surface area contributed by atoms with E-state index in [1.807, 2.05) is 12.1 Å². The van der Waals surface area contributed by atoms with Crippen molar-refractivity contribution in [1.82, 2.24) is 9.97 Å². The summed E-state index contributed by atoms with van der Waals surface area (Å²) >= 11 is 5.92. The lowest BCUT2D eigenvalue weighted by molar-refractivity contribution is 0.324. The van der Waals surface area contributed by atoms with Gasteiger partial charge in [-0.15, -0.1) is 0 Å². The lowest BCUT2D eigenvalue weighted by atomic mass is 10.1. The maximum Gasteiger partial charge on any atom is 0.203 e. The van der Waals surface area contributed by atoms with E-state index >= 15 is 0 Å². The Kier molecular flexibility index (Phi) is 5.27. The number of anilines is 1. The largest absolute Gasteiger partial charge is 0.493 e. The van der Waals surface area contributed by atoms with Gasteiger partial charge in [-0.1, -0.05) is 11.6 Å².